The molecular formula is C12H19N3. The molecule has 0 aliphatic heterocycles. The second-order valence-electron chi connectivity index (χ2n) is 3.71. The Hall–Kier alpha value is -1.35. The fourth-order valence-corrected chi connectivity index (χ4v) is 1.46. The van der Waals surface area contributed by atoms with Crippen molar-refractivity contribution in [1.82, 2.24) is 10.3 Å². The molecule has 1 aromatic rings. The predicted molar refractivity (Wildman–Crippen MR) is 64.7 cm³/mol. The third-order valence-corrected chi connectivity index (χ3v) is 2.22. The van der Waals surface area contributed by atoms with E-state index in [2.05, 4.69) is 23.3 Å². The van der Waals surface area contributed by atoms with Crippen LogP contribution in [0.3, 0.4) is 0 Å². The lowest BCUT2D eigenvalue weighted by Crippen LogP contribution is -2.06. The Kier molecular flexibility index (Phi) is 4.84. The molecule has 0 radical (unpaired) electrons. The van der Waals surface area contributed by atoms with Crippen molar-refractivity contribution in [2.75, 3.05) is 19.3 Å². The predicted octanol–water partition coefficient (Wildman–Crippen LogP) is 1.76. The lowest BCUT2D eigenvalue weighted by Gasteiger charge is -2.03. The summed E-state index contributed by atoms with van der Waals surface area (Å²) in [5.41, 5.74) is 8.21. The number of allylic oxidation sites excluding steroid dienone is 1. The van der Waals surface area contributed by atoms with Crippen LogP contribution in [0, 0.1) is 0 Å². The van der Waals surface area contributed by atoms with E-state index >= 15 is 0 Å². The molecule has 3 N–H and O–H groups in total. The van der Waals surface area contributed by atoms with Gasteiger partial charge in [0.15, 0.2) is 0 Å². The molecule has 3 heteroatoms. The maximum Gasteiger partial charge on any atom is 0.123 e. The van der Waals surface area contributed by atoms with Gasteiger partial charge >= 0.3 is 0 Å². The molecule has 0 bridgehead atoms. The van der Waals surface area contributed by atoms with Gasteiger partial charge in [0.1, 0.15) is 5.82 Å². The van der Waals surface area contributed by atoms with Gasteiger partial charge in [0, 0.05) is 6.20 Å². The third-order valence-electron chi connectivity index (χ3n) is 2.22. The molecule has 0 fully saturated rings. The van der Waals surface area contributed by atoms with E-state index in [-0.39, 0.29) is 0 Å². The average Bonchev–Trinajstić information content (AvgIpc) is 2.18. The number of nitrogens with two attached hydrogens (primary N) is 1. The first-order valence-electron chi connectivity index (χ1n) is 5.23. The van der Waals surface area contributed by atoms with Crippen molar-refractivity contribution in [2.24, 2.45) is 0 Å². The number of hydrogen-bond acceptors (Lipinski definition) is 3. The molecule has 1 aromatic heterocycles. The minimum atomic E-state index is 0.593. The summed E-state index contributed by atoms with van der Waals surface area (Å²) in [4.78, 5) is 3.97. The molecule has 0 unspecified atom stereocenters. The Bertz CT molecular complexity index is 331. The number of anilines is 1. The summed E-state index contributed by atoms with van der Waals surface area (Å²) < 4.78 is 0. The van der Waals surface area contributed by atoms with Crippen LogP contribution in [0.4, 0.5) is 5.82 Å². The van der Waals surface area contributed by atoms with Crippen LogP contribution in [0.2, 0.25) is 0 Å². The van der Waals surface area contributed by atoms with E-state index in [9.17, 15) is 0 Å². The Balaban J connectivity index is 2.50. The van der Waals surface area contributed by atoms with Crippen LogP contribution >= 0.6 is 0 Å². The fourth-order valence-electron chi connectivity index (χ4n) is 1.46. The van der Waals surface area contributed by atoms with Gasteiger partial charge in [0.2, 0.25) is 0 Å². The molecule has 0 spiro atoms. The van der Waals surface area contributed by atoms with Crippen molar-refractivity contribution in [1.29, 1.82) is 0 Å². The minimum absolute atomic E-state index is 0.593. The summed E-state index contributed by atoms with van der Waals surface area (Å²) >= 11 is 0. The number of pyridine rings is 1. The van der Waals surface area contributed by atoms with Crippen LogP contribution in [0.15, 0.2) is 30.0 Å². The van der Waals surface area contributed by atoms with Gasteiger partial charge in [0.05, 0.1) is 0 Å². The highest BCUT2D eigenvalue weighted by molar-refractivity contribution is 5.33. The van der Waals surface area contributed by atoms with Crippen molar-refractivity contribution in [2.45, 2.75) is 19.8 Å². The maximum atomic E-state index is 5.62. The second-order valence-corrected chi connectivity index (χ2v) is 3.71. The lowest BCUT2D eigenvalue weighted by molar-refractivity contribution is 0.803. The normalized spacial score (nSPS) is 11.7. The molecule has 0 saturated carbocycles. The van der Waals surface area contributed by atoms with Gasteiger partial charge in [-0.3, -0.25) is 0 Å². The summed E-state index contributed by atoms with van der Waals surface area (Å²) in [6, 6.07) is 3.93. The van der Waals surface area contributed by atoms with E-state index in [1.165, 1.54) is 11.1 Å². The molecule has 3 nitrogen and oxygen atoms in total. The number of nitrogens with zero attached hydrogens (tertiary/aromatic N) is 1. The monoisotopic (exact) mass is 205 g/mol. The smallest absolute Gasteiger partial charge is 0.123 e. The Morgan fingerprint density at radius 1 is 1.60 bits per heavy atom. The van der Waals surface area contributed by atoms with Gasteiger partial charge in [-0.2, -0.15) is 0 Å². The molecule has 82 valence electrons. The Morgan fingerprint density at radius 3 is 3.07 bits per heavy atom. The van der Waals surface area contributed by atoms with Gasteiger partial charge in [-0.1, -0.05) is 11.6 Å². The molecule has 0 atom stereocenters. The fraction of sp³-hybridized carbons (Fsp3) is 0.417. The van der Waals surface area contributed by atoms with Crippen LogP contribution in [0.25, 0.3) is 0 Å². The first-order chi connectivity index (χ1) is 7.22. The van der Waals surface area contributed by atoms with Crippen LogP contribution in [-0.4, -0.2) is 18.6 Å². The van der Waals surface area contributed by atoms with Gasteiger partial charge in [-0.15, -0.1) is 0 Å². The van der Waals surface area contributed by atoms with Gasteiger partial charge in [-0.05, 0) is 51.1 Å². The van der Waals surface area contributed by atoms with Crippen molar-refractivity contribution in [3.05, 3.63) is 35.5 Å². The lowest BCUT2D eigenvalue weighted by atomic mass is 10.1. The van der Waals surface area contributed by atoms with E-state index in [1.807, 2.05) is 19.2 Å². The molecule has 0 aliphatic rings. The first-order valence-corrected chi connectivity index (χ1v) is 5.23. The molecule has 1 heterocycles. The van der Waals surface area contributed by atoms with Crippen molar-refractivity contribution in [3.63, 3.8) is 0 Å². The summed E-state index contributed by atoms with van der Waals surface area (Å²) in [6.07, 6.45) is 6.04. The SMILES string of the molecule is CNCCC=C(C)Cc1ccnc(N)c1. The molecule has 15 heavy (non-hydrogen) atoms. The topological polar surface area (TPSA) is 50.9 Å². The number of nitrogen functional groups attached to an aromatic ring is 1. The van der Waals surface area contributed by atoms with Gasteiger partial charge in [0.25, 0.3) is 0 Å². The van der Waals surface area contributed by atoms with Crippen LogP contribution in [-0.2, 0) is 6.42 Å². The van der Waals surface area contributed by atoms with E-state index < -0.39 is 0 Å². The van der Waals surface area contributed by atoms with E-state index in [4.69, 9.17) is 5.73 Å². The zero-order chi connectivity index (χ0) is 11.1. The summed E-state index contributed by atoms with van der Waals surface area (Å²) in [6.45, 7) is 3.17. The first kappa shape index (κ1) is 11.7. The van der Waals surface area contributed by atoms with Gasteiger partial charge in [-0.25, -0.2) is 4.98 Å². The van der Waals surface area contributed by atoms with Crippen LogP contribution in [0.1, 0.15) is 18.9 Å². The highest BCUT2D eigenvalue weighted by Gasteiger charge is 1.95. The number of nitrogens with one attached hydrogen (secondary N) is 1. The molecule has 0 saturated heterocycles. The summed E-state index contributed by atoms with van der Waals surface area (Å²) in [5, 5.41) is 3.12. The van der Waals surface area contributed by atoms with E-state index in [0.717, 1.165) is 19.4 Å². The van der Waals surface area contributed by atoms with E-state index in [0.29, 0.717) is 5.82 Å². The number of aromatic nitrogens is 1. The largest absolute Gasteiger partial charge is 0.384 e. The van der Waals surface area contributed by atoms with Gasteiger partial charge < -0.3 is 11.1 Å². The number of rotatable bonds is 5. The average molecular weight is 205 g/mol. The zero-order valence-electron chi connectivity index (χ0n) is 9.46. The minimum Gasteiger partial charge on any atom is -0.384 e. The van der Waals surface area contributed by atoms with Crippen molar-refractivity contribution < 1.29 is 0 Å². The standard InChI is InChI=1S/C12H19N3/c1-10(4-3-6-14-2)8-11-5-7-15-12(13)9-11/h4-5,7,9,14H,3,6,8H2,1-2H3,(H2,13,15). The molecule has 0 amide bonds. The summed E-state index contributed by atoms with van der Waals surface area (Å²) in [5.74, 6) is 0.593. The third kappa shape index (κ3) is 4.61. The Morgan fingerprint density at radius 2 is 2.40 bits per heavy atom. The zero-order valence-corrected chi connectivity index (χ0v) is 9.46. The van der Waals surface area contributed by atoms with Crippen LogP contribution in [0.5, 0.6) is 0 Å². The Labute approximate surface area is 91.4 Å². The van der Waals surface area contributed by atoms with Crippen LogP contribution < -0.4 is 11.1 Å². The number of hydrogen-bond donors (Lipinski definition) is 2. The molecule has 0 aliphatic carbocycles. The van der Waals surface area contributed by atoms with Crippen molar-refractivity contribution >= 4 is 5.82 Å². The molecule has 0 aromatic carbocycles. The highest BCUT2D eigenvalue weighted by Crippen LogP contribution is 2.09. The van der Waals surface area contributed by atoms with Crippen molar-refractivity contribution in [3.8, 4) is 0 Å². The summed E-state index contributed by atoms with van der Waals surface area (Å²) in [7, 11) is 1.97. The van der Waals surface area contributed by atoms with E-state index in [1.54, 1.807) is 6.20 Å². The molecule has 1 rings (SSSR count). The molecular weight excluding hydrogens is 186 g/mol. The second kappa shape index (κ2) is 6.19. The maximum absolute atomic E-state index is 5.62. The quantitative estimate of drug-likeness (QED) is 0.569. The highest BCUT2D eigenvalue weighted by atomic mass is 14.8.